The highest BCUT2D eigenvalue weighted by Gasteiger charge is 2.21. The number of hydrogen-bond acceptors (Lipinski definition) is 6. The highest BCUT2D eigenvalue weighted by atomic mass is 32.1. The minimum Gasteiger partial charge on any atom is -0.490 e. The van der Waals surface area contributed by atoms with Crippen LogP contribution in [0.5, 0.6) is 5.75 Å². The molecule has 1 aliphatic heterocycles. The third-order valence-electron chi connectivity index (χ3n) is 3.78. The van der Waals surface area contributed by atoms with E-state index in [1.165, 1.54) is 0 Å². The Morgan fingerprint density at radius 1 is 1.48 bits per heavy atom. The zero-order chi connectivity index (χ0) is 15.8. The van der Waals surface area contributed by atoms with E-state index in [9.17, 15) is 4.79 Å². The quantitative estimate of drug-likeness (QED) is 0.566. The topological polar surface area (TPSA) is 79.1 Å². The first-order chi connectivity index (χ1) is 11.2. The molecule has 8 heteroatoms. The lowest BCUT2D eigenvalue weighted by atomic mass is 10.1. The van der Waals surface area contributed by atoms with E-state index in [-0.39, 0.29) is 0 Å². The van der Waals surface area contributed by atoms with E-state index in [2.05, 4.69) is 9.88 Å². The zero-order valence-electron chi connectivity index (χ0n) is 12.1. The number of rotatable bonds is 3. The van der Waals surface area contributed by atoms with Gasteiger partial charge in [0.1, 0.15) is 12.4 Å². The van der Waals surface area contributed by atoms with Gasteiger partial charge in [0.25, 0.3) is 5.91 Å². The van der Waals surface area contributed by atoms with Crippen LogP contribution in [-0.4, -0.2) is 33.7 Å². The lowest BCUT2D eigenvalue weighted by Gasteiger charge is -2.31. The maximum atomic E-state index is 11.6. The molecule has 4 rings (SSSR count). The second kappa shape index (κ2) is 5.56. The molecular formula is C15H14N4O3S. The van der Waals surface area contributed by atoms with E-state index in [1.807, 2.05) is 22.2 Å². The monoisotopic (exact) mass is 330 g/mol. The first-order valence-corrected chi connectivity index (χ1v) is 8.00. The van der Waals surface area contributed by atoms with Crippen molar-refractivity contribution in [3.63, 3.8) is 0 Å². The Balaban J connectivity index is 1.65. The molecule has 0 radical (unpaired) electrons. The fourth-order valence-corrected chi connectivity index (χ4v) is 3.41. The fourth-order valence-electron chi connectivity index (χ4n) is 2.69. The van der Waals surface area contributed by atoms with Gasteiger partial charge in [-0.15, -0.1) is 11.3 Å². The summed E-state index contributed by atoms with van der Waals surface area (Å²) in [5.74, 6) is 0.188. The standard InChI is InChI=1S/C15H14N4O3S/c20-14(17-21)10-1-2-13-12(7-10)18(3-5-22-13)8-11-9-19-4-6-23-15(19)16-11/h1-2,4,6-7,9,21H,3,5,8H2,(H,17,20). The maximum Gasteiger partial charge on any atom is 0.274 e. The van der Waals surface area contributed by atoms with Crippen LogP contribution in [-0.2, 0) is 6.54 Å². The zero-order valence-corrected chi connectivity index (χ0v) is 12.9. The SMILES string of the molecule is O=C(NO)c1ccc2c(c1)N(Cc1cn3ccsc3n1)CCO2. The van der Waals surface area contributed by atoms with Gasteiger partial charge in [-0.2, -0.15) is 0 Å². The van der Waals surface area contributed by atoms with Crippen molar-refractivity contribution in [3.8, 4) is 5.75 Å². The number of amides is 1. The molecule has 0 atom stereocenters. The molecule has 1 aromatic carbocycles. The van der Waals surface area contributed by atoms with Crippen molar-refractivity contribution in [2.45, 2.75) is 6.54 Å². The summed E-state index contributed by atoms with van der Waals surface area (Å²) in [6.07, 6.45) is 3.98. The number of imidazole rings is 1. The molecule has 0 spiro atoms. The predicted molar refractivity (Wildman–Crippen MR) is 85.3 cm³/mol. The maximum absolute atomic E-state index is 11.6. The number of hydroxylamine groups is 1. The molecule has 0 bridgehead atoms. The molecule has 0 fully saturated rings. The Labute approximate surface area is 135 Å². The molecule has 118 valence electrons. The molecule has 2 aromatic heterocycles. The van der Waals surface area contributed by atoms with Crippen molar-refractivity contribution in [1.82, 2.24) is 14.9 Å². The van der Waals surface area contributed by atoms with Gasteiger partial charge in [0.05, 0.1) is 24.5 Å². The molecule has 0 saturated carbocycles. The molecule has 3 heterocycles. The third kappa shape index (κ3) is 2.51. The summed E-state index contributed by atoms with van der Waals surface area (Å²) in [6.45, 7) is 1.93. The number of nitrogens with zero attached hydrogens (tertiary/aromatic N) is 3. The van der Waals surface area contributed by atoms with Gasteiger partial charge in [0.15, 0.2) is 4.96 Å². The minimum atomic E-state index is -0.541. The smallest absolute Gasteiger partial charge is 0.274 e. The molecule has 0 saturated heterocycles. The molecule has 7 nitrogen and oxygen atoms in total. The fraction of sp³-hybridized carbons (Fsp3) is 0.200. The molecule has 0 aliphatic carbocycles. The van der Waals surface area contributed by atoms with E-state index >= 15 is 0 Å². The number of thiazole rings is 1. The van der Waals surface area contributed by atoms with E-state index in [4.69, 9.17) is 9.94 Å². The van der Waals surface area contributed by atoms with Crippen LogP contribution >= 0.6 is 11.3 Å². The molecule has 2 N–H and O–H groups in total. The van der Waals surface area contributed by atoms with Gasteiger partial charge >= 0.3 is 0 Å². The number of carbonyl (C=O) groups is 1. The van der Waals surface area contributed by atoms with Gasteiger partial charge in [-0.1, -0.05) is 0 Å². The van der Waals surface area contributed by atoms with E-state index in [0.29, 0.717) is 25.3 Å². The van der Waals surface area contributed by atoms with Crippen molar-refractivity contribution < 1.29 is 14.7 Å². The first kappa shape index (κ1) is 14.0. The number of aromatic nitrogens is 2. The normalized spacial score (nSPS) is 13.7. The lowest BCUT2D eigenvalue weighted by Crippen LogP contribution is -2.32. The summed E-state index contributed by atoms with van der Waals surface area (Å²) in [7, 11) is 0. The van der Waals surface area contributed by atoms with Crippen LogP contribution in [0.25, 0.3) is 4.96 Å². The minimum absolute atomic E-state index is 0.382. The van der Waals surface area contributed by atoms with E-state index in [1.54, 1.807) is 35.0 Å². The molecule has 23 heavy (non-hydrogen) atoms. The summed E-state index contributed by atoms with van der Waals surface area (Å²) in [5, 5.41) is 10.8. The van der Waals surface area contributed by atoms with Gasteiger partial charge in [0.2, 0.25) is 0 Å². The van der Waals surface area contributed by atoms with Gasteiger partial charge in [0, 0.05) is 23.3 Å². The van der Waals surface area contributed by atoms with E-state index in [0.717, 1.165) is 22.1 Å². The van der Waals surface area contributed by atoms with Crippen LogP contribution in [0.15, 0.2) is 36.0 Å². The van der Waals surface area contributed by atoms with E-state index < -0.39 is 5.91 Å². The molecular weight excluding hydrogens is 316 g/mol. The number of anilines is 1. The summed E-state index contributed by atoms with van der Waals surface area (Å²) >= 11 is 1.59. The summed E-state index contributed by atoms with van der Waals surface area (Å²) in [4.78, 5) is 19.3. The number of carbonyl (C=O) groups excluding carboxylic acids is 1. The second-order valence-electron chi connectivity index (χ2n) is 5.22. The van der Waals surface area contributed by atoms with Gasteiger partial charge in [-0.25, -0.2) is 10.5 Å². The van der Waals surface area contributed by atoms with Crippen molar-refractivity contribution in [1.29, 1.82) is 0 Å². The number of nitrogens with one attached hydrogen (secondary N) is 1. The average Bonchev–Trinajstić information content (AvgIpc) is 3.15. The van der Waals surface area contributed by atoms with Crippen molar-refractivity contribution in [3.05, 3.63) is 47.2 Å². The highest BCUT2D eigenvalue weighted by molar-refractivity contribution is 7.15. The van der Waals surface area contributed by atoms with Crippen LogP contribution in [0.3, 0.4) is 0 Å². The summed E-state index contributed by atoms with van der Waals surface area (Å²) in [6, 6.07) is 5.09. The molecule has 3 aromatic rings. The number of ether oxygens (including phenoxy) is 1. The van der Waals surface area contributed by atoms with Crippen LogP contribution in [0.1, 0.15) is 16.1 Å². The molecule has 1 amide bonds. The number of benzene rings is 1. The average molecular weight is 330 g/mol. The van der Waals surface area contributed by atoms with Crippen LogP contribution < -0.4 is 15.1 Å². The van der Waals surface area contributed by atoms with Crippen LogP contribution in [0.4, 0.5) is 5.69 Å². The number of hydrogen-bond donors (Lipinski definition) is 2. The third-order valence-corrected chi connectivity index (χ3v) is 4.55. The second-order valence-corrected chi connectivity index (χ2v) is 6.09. The Morgan fingerprint density at radius 3 is 3.22 bits per heavy atom. The van der Waals surface area contributed by atoms with Crippen molar-refractivity contribution >= 4 is 27.9 Å². The lowest BCUT2D eigenvalue weighted by molar-refractivity contribution is 0.0706. The number of fused-ring (bicyclic) bond motifs is 2. The Kier molecular flexibility index (Phi) is 3.40. The summed E-state index contributed by atoms with van der Waals surface area (Å²) < 4.78 is 7.64. The van der Waals surface area contributed by atoms with Crippen LogP contribution in [0.2, 0.25) is 0 Å². The Hall–Kier alpha value is -2.58. The van der Waals surface area contributed by atoms with Crippen LogP contribution in [0, 0.1) is 0 Å². The first-order valence-electron chi connectivity index (χ1n) is 7.12. The summed E-state index contributed by atoms with van der Waals surface area (Å²) in [5.41, 5.74) is 3.82. The van der Waals surface area contributed by atoms with Crippen molar-refractivity contribution in [2.75, 3.05) is 18.1 Å². The van der Waals surface area contributed by atoms with Gasteiger partial charge < -0.3 is 9.64 Å². The van der Waals surface area contributed by atoms with Gasteiger partial charge in [-0.05, 0) is 18.2 Å². The van der Waals surface area contributed by atoms with Gasteiger partial charge in [-0.3, -0.25) is 14.4 Å². The Bertz CT molecular complexity index is 844. The molecule has 0 unspecified atom stereocenters. The largest absolute Gasteiger partial charge is 0.490 e. The molecule has 1 aliphatic rings. The highest BCUT2D eigenvalue weighted by Crippen LogP contribution is 2.33. The predicted octanol–water partition coefficient (Wildman–Crippen LogP) is 1.91. The van der Waals surface area contributed by atoms with Crippen molar-refractivity contribution in [2.24, 2.45) is 0 Å². The Morgan fingerprint density at radius 2 is 2.39 bits per heavy atom.